The molecular weight excluding hydrogens is 430 g/mol. The molecule has 0 amide bonds. The molecule has 0 radical (unpaired) electrons. The van der Waals surface area contributed by atoms with Gasteiger partial charge < -0.3 is 21.1 Å². The van der Waals surface area contributed by atoms with E-state index >= 15 is 0 Å². The molecule has 1 heterocycles. The van der Waals surface area contributed by atoms with Crippen LogP contribution in [-0.4, -0.2) is 34.7 Å². The maximum atomic E-state index is 10.6. The van der Waals surface area contributed by atoms with Gasteiger partial charge in [0.15, 0.2) is 0 Å². The highest BCUT2D eigenvalue weighted by Gasteiger charge is 2.67. The van der Waals surface area contributed by atoms with Gasteiger partial charge in [-0.2, -0.15) is 0 Å². The zero-order chi connectivity index (χ0) is 26.3. The molecule has 0 aromatic carbocycles. The molecule has 4 heteroatoms. The third-order valence-corrected chi connectivity index (χ3v) is 9.22. The molecule has 3 fully saturated rings. The number of hydrogen-bond acceptors (Lipinski definition) is 4. The summed E-state index contributed by atoms with van der Waals surface area (Å²) in [6.07, 6.45) is 8.69. The minimum Gasteiger partial charge on any atom is -0.400 e. The van der Waals surface area contributed by atoms with Crippen molar-refractivity contribution in [3.8, 4) is 0 Å². The van der Waals surface area contributed by atoms with E-state index < -0.39 is 5.60 Å². The number of rotatable bonds is 11. The van der Waals surface area contributed by atoms with E-state index in [0.29, 0.717) is 35.6 Å². The molecule has 1 aliphatic heterocycles. The van der Waals surface area contributed by atoms with Gasteiger partial charge in [-0.15, -0.1) is 0 Å². The lowest BCUT2D eigenvalue weighted by Crippen LogP contribution is -2.47. The van der Waals surface area contributed by atoms with Crippen molar-refractivity contribution in [3.05, 3.63) is 49.0 Å². The van der Waals surface area contributed by atoms with Gasteiger partial charge in [0, 0.05) is 36.1 Å². The molecule has 1 saturated heterocycles. The van der Waals surface area contributed by atoms with Crippen molar-refractivity contribution < 1.29 is 5.11 Å². The molecule has 5 atom stereocenters. The Hall–Kier alpha value is -1.68. The van der Waals surface area contributed by atoms with Crippen LogP contribution in [0.3, 0.4) is 0 Å². The first-order valence-corrected chi connectivity index (χ1v) is 13.8. The van der Waals surface area contributed by atoms with E-state index in [9.17, 15) is 5.11 Å². The Morgan fingerprint density at radius 2 is 1.69 bits per heavy atom. The number of piperidine rings is 1. The highest BCUT2D eigenvalue weighted by Crippen LogP contribution is 2.66. The average molecular weight is 484 g/mol. The molecule has 2 saturated carbocycles. The summed E-state index contributed by atoms with van der Waals surface area (Å²) < 4.78 is 0. The smallest absolute Gasteiger partial charge is 0.117 e. The number of nitrogens with one attached hydrogen (secondary N) is 1. The fourth-order valence-electron chi connectivity index (χ4n) is 6.93. The minimum atomic E-state index is -1.17. The van der Waals surface area contributed by atoms with Gasteiger partial charge in [0.05, 0.1) is 6.04 Å². The van der Waals surface area contributed by atoms with Crippen LogP contribution in [0.5, 0.6) is 0 Å². The van der Waals surface area contributed by atoms with Gasteiger partial charge in [0.25, 0.3) is 0 Å². The Bertz CT molecular complexity index is 840. The van der Waals surface area contributed by atoms with Crippen LogP contribution in [0.4, 0.5) is 0 Å². The van der Waals surface area contributed by atoms with E-state index in [-0.39, 0.29) is 17.2 Å². The third kappa shape index (κ3) is 6.18. The summed E-state index contributed by atoms with van der Waals surface area (Å²) in [5.74, 6) is 2.32. The summed E-state index contributed by atoms with van der Waals surface area (Å²) in [5, 5.41) is 14.0. The number of allylic oxidation sites excluding steroid dienone is 2. The number of fused-ring (bicyclic) bond motifs is 1. The van der Waals surface area contributed by atoms with Gasteiger partial charge in [0.1, 0.15) is 5.60 Å². The highest BCUT2D eigenvalue weighted by molar-refractivity contribution is 5.29. The van der Waals surface area contributed by atoms with Crippen LogP contribution in [-0.2, 0) is 0 Å². The van der Waals surface area contributed by atoms with E-state index in [4.69, 9.17) is 12.3 Å². The Labute approximate surface area is 215 Å². The topological polar surface area (TPSA) is 61.5 Å². The highest BCUT2D eigenvalue weighted by atomic mass is 16.3. The lowest BCUT2D eigenvalue weighted by Gasteiger charge is -2.42. The van der Waals surface area contributed by atoms with Gasteiger partial charge in [-0.1, -0.05) is 85.8 Å². The van der Waals surface area contributed by atoms with Crippen LogP contribution in [0, 0.1) is 34.5 Å². The van der Waals surface area contributed by atoms with Crippen LogP contribution in [0.1, 0.15) is 86.5 Å². The van der Waals surface area contributed by atoms with Gasteiger partial charge in [-0.25, -0.2) is 0 Å². The summed E-state index contributed by atoms with van der Waals surface area (Å²) in [7, 11) is 0. The van der Waals surface area contributed by atoms with Gasteiger partial charge >= 0.3 is 0 Å². The van der Waals surface area contributed by atoms with Crippen LogP contribution in [0.25, 0.3) is 0 Å². The first-order chi connectivity index (χ1) is 16.1. The van der Waals surface area contributed by atoms with E-state index in [1.54, 1.807) is 6.92 Å². The SMILES string of the molecule is C=C(CC(C(=C)N1CC2C(C1C(=C)NCC(C)(O)C(=C)N)C2(C)C)C1CCCCC1)CC(C)(C)C. The van der Waals surface area contributed by atoms with Gasteiger partial charge in [-0.3, -0.25) is 0 Å². The second-order valence-corrected chi connectivity index (χ2v) is 13.9. The Balaban J connectivity index is 1.81. The monoisotopic (exact) mass is 483 g/mol. The molecule has 198 valence electrons. The number of nitrogens with two attached hydrogens (primary N) is 1. The van der Waals surface area contributed by atoms with E-state index in [0.717, 1.165) is 25.1 Å². The fourth-order valence-corrected chi connectivity index (χ4v) is 6.93. The van der Waals surface area contributed by atoms with Crippen molar-refractivity contribution in [3.63, 3.8) is 0 Å². The summed E-state index contributed by atoms with van der Waals surface area (Å²) in [6, 6.07) is 0.186. The quantitative estimate of drug-likeness (QED) is 0.299. The lowest BCUT2D eigenvalue weighted by molar-refractivity contribution is 0.0968. The van der Waals surface area contributed by atoms with E-state index in [1.807, 2.05) is 0 Å². The van der Waals surface area contributed by atoms with E-state index in [1.165, 1.54) is 43.4 Å². The van der Waals surface area contributed by atoms with Crippen LogP contribution in [0.2, 0.25) is 0 Å². The third-order valence-electron chi connectivity index (χ3n) is 9.22. The number of hydrogen-bond donors (Lipinski definition) is 3. The van der Waals surface area contributed by atoms with Crippen LogP contribution >= 0.6 is 0 Å². The van der Waals surface area contributed by atoms with Gasteiger partial charge in [-0.05, 0) is 61.2 Å². The predicted molar refractivity (Wildman–Crippen MR) is 149 cm³/mol. The number of nitrogens with zero attached hydrogens (tertiary/aromatic N) is 1. The summed E-state index contributed by atoms with van der Waals surface area (Å²) in [5.41, 5.74) is 9.07. The summed E-state index contributed by atoms with van der Waals surface area (Å²) >= 11 is 0. The summed E-state index contributed by atoms with van der Waals surface area (Å²) in [4.78, 5) is 2.56. The first-order valence-electron chi connectivity index (χ1n) is 13.8. The minimum absolute atomic E-state index is 0.186. The van der Waals surface area contributed by atoms with Crippen molar-refractivity contribution in [1.29, 1.82) is 0 Å². The van der Waals surface area contributed by atoms with Crippen LogP contribution in [0.15, 0.2) is 49.0 Å². The molecule has 0 aromatic heterocycles. The second kappa shape index (κ2) is 10.00. The number of likely N-dealkylation sites (tertiary alicyclic amines) is 1. The van der Waals surface area contributed by atoms with Crippen molar-refractivity contribution >= 4 is 0 Å². The molecule has 0 bridgehead atoms. The molecule has 2 aliphatic carbocycles. The number of aliphatic hydroxyl groups is 1. The molecule has 4 N–H and O–H groups in total. The normalized spacial score (nSPS) is 28.5. The Morgan fingerprint density at radius 1 is 1.09 bits per heavy atom. The molecular formula is C31H53N3O. The van der Waals surface area contributed by atoms with E-state index in [2.05, 4.69) is 64.6 Å². The largest absolute Gasteiger partial charge is 0.400 e. The van der Waals surface area contributed by atoms with Crippen molar-refractivity contribution in [2.75, 3.05) is 13.1 Å². The molecule has 0 spiro atoms. The fraction of sp³-hybridized carbons (Fsp3) is 0.742. The zero-order valence-corrected chi connectivity index (χ0v) is 23.6. The maximum absolute atomic E-state index is 10.6. The molecule has 0 aromatic rings. The van der Waals surface area contributed by atoms with Gasteiger partial charge in [0.2, 0.25) is 0 Å². The Kier molecular flexibility index (Phi) is 7.97. The standard InChI is InChI=1S/C31H53N3O/c1-20(17-29(5,6)7)16-25(24-14-12-11-13-15-24)22(3)34-18-26-27(30(26,8)9)28(34)21(2)33-19-31(10,35)23(4)32/h24-28,33,35H,1-4,11-19,32H2,5-10H3. The van der Waals surface area contributed by atoms with Crippen LogP contribution < -0.4 is 11.1 Å². The van der Waals surface area contributed by atoms with Crippen molar-refractivity contribution in [1.82, 2.24) is 10.2 Å². The zero-order valence-electron chi connectivity index (χ0n) is 23.6. The average Bonchev–Trinajstić information content (AvgIpc) is 3.09. The predicted octanol–water partition coefficient (Wildman–Crippen LogP) is 6.36. The van der Waals surface area contributed by atoms with Crippen molar-refractivity contribution in [2.24, 2.45) is 40.2 Å². The molecule has 3 aliphatic rings. The summed E-state index contributed by atoms with van der Waals surface area (Å²) in [6.45, 7) is 32.2. The second-order valence-electron chi connectivity index (χ2n) is 13.9. The molecule has 35 heavy (non-hydrogen) atoms. The maximum Gasteiger partial charge on any atom is 0.117 e. The molecule has 3 rings (SSSR count). The lowest BCUT2D eigenvalue weighted by atomic mass is 9.74. The Morgan fingerprint density at radius 3 is 2.23 bits per heavy atom. The molecule has 5 unspecified atom stereocenters. The molecule has 4 nitrogen and oxygen atoms in total. The van der Waals surface area contributed by atoms with Crippen molar-refractivity contribution in [2.45, 2.75) is 98.1 Å². The first kappa shape index (κ1) is 27.9.